The zero-order valence-electron chi connectivity index (χ0n) is 10.5. The van der Waals surface area contributed by atoms with E-state index in [1.807, 2.05) is 5.32 Å². The van der Waals surface area contributed by atoms with Crippen LogP contribution in [0.25, 0.3) is 5.65 Å². The molecule has 0 saturated heterocycles. The number of nitrogens with zero attached hydrogens (tertiary/aromatic N) is 2. The first-order valence-corrected chi connectivity index (χ1v) is 5.80. The van der Waals surface area contributed by atoms with E-state index < -0.39 is 30.5 Å². The SMILES string of the molecule is O=C(NC(CC(F)(F)F)C(=O)O)c1cn2ccccc2n1. The van der Waals surface area contributed by atoms with Gasteiger partial charge in [-0.2, -0.15) is 13.2 Å². The number of carboxylic acid groups (broad SMARTS) is 1. The van der Waals surface area contributed by atoms with Crippen LogP contribution in [-0.2, 0) is 4.79 Å². The normalized spacial score (nSPS) is 13.1. The van der Waals surface area contributed by atoms with Crippen LogP contribution >= 0.6 is 0 Å². The van der Waals surface area contributed by atoms with Crippen LogP contribution in [0.1, 0.15) is 16.9 Å². The highest BCUT2D eigenvalue weighted by atomic mass is 19.4. The van der Waals surface area contributed by atoms with Crippen molar-refractivity contribution in [3.05, 3.63) is 36.3 Å². The van der Waals surface area contributed by atoms with Gasteiger partial charge < -0.3 is 14.8 Å². The Balaban J connectivity index is 2.16. The van der Waals surface area contributed by atoms with Gasteiger partial charge in [-0.1, -0.05) is 6.07 Å². The Morgan fingerprint density at radius 1 is 1.38 bits per heavy atom. The number of alkyl halides is 3. The van der Waals surface area contributed by atoms with E-state index >= 15 is 0 Å². The Hall–Kier alpha value is -2.58. The minimum absolute atomic E-state index is 0.158. The predicted molar refractivity (Wildman–Crippen MR) is 64.8 cm³/mol. The van der Waals surface area contributed by atoms with Crippen LogP contribution < -0.4 is 5.32 Å². The number of rotatable bonds is 4. The number of imidazole rings is 1. The Labute approximate surface area is 116 Å². The van der Waals surface area contributed by atoms with Gasteiger partial charge in [0.2, 0.25) is 0 Å². The molecule has 2 aromatic heterocycles. The molecule has 21 heavy (non-hydrogen) atoms. The van der Waals surface area contributed by atoms with Gasteiger partial charge in [0.1, 0.15) is 17.4 Å². The molecule has 6 nitrogen and oxygen atoms in total. The van der Waals surface area contributed by atoms with Gasteiger partial charge in [-0.15, -0.1) is 0 Å². The molecule has 1 atom stereocenters. The van der Waals surface area contributed by atoms with Crippen molar-refractivity contribution >= 4 is 17.5 Å². The number of carboxylic acids is 1. The maximum absolute atomic E-state index is 12.3. The molecule has 0 aliphatic carbocycles. The molecule has 0 aromatic carbocycles. The van der Waals surface area contributed by atoms with Gasteiger partial charge in [0.05, 0.1) is 6.42 Å². The van der Waals surface area contributed by atoms with Crippen LogP contribution in [0.3, 0.4) is 0 Å². The van der Waals surface area contributed by atoms with Crippen molar-refractivity contribution in [3.8, 4) is 0 Å². The summed E-state index contributed by atoms with van der Waals surface area (Å²) in [5.74, 6) is -2.74. The standard InChI is InChI=1S/C12H10F3N3O3/c13-12(14,15)5-7(11(20)21)17-10(19)8-6-18-4-2-1-3-9(18)16-8/h1-4,6-7H,5H2,(H,17,19)(H,20,21). The van der Waals surface area contributed by atoms with Crippen LogP contribution in [-0.4, -0.2) is 38.6 Å². The largest absolute Gasteiger partial charge is 0.480 e. The molecule has 0 bridgehead atoms. The topological polar surface area (TPSA) is 83.7 Å². The van der Waals surface area contributed by atoms with E-state index in [0.29, 0.717) is 5.65 Å². The molecule has 112 valence electrons. The summed E-state index contributed by atoms with van der Waals surface area (Å²) in [7, 11) is 0. The first kappa shape index (κ1) is 14.8. The van der Waals surface area contributed by atoms with Crippen LogP contribution in [0.5, 0.6) is 0 Å². The molecule has 2 aromatic rings. The molecule has 1 unspecified atom stereocenters. The van der Waals surface area contributed by atoms with Crippen LogP contribution in [0.2, 0.25) is 0 Å². The van der Waals surface area contributed by atoms with Gasteiger partial charge in [-0.05, 0) is 12.1 Å². The first-order chi connectivity index (χ1) is 9.76. The van der Waals surface area contributed by atoms with Crippen molar-refractivity contribution in [2.24, 2.45) is 0 Å². The van der Waals surface area contributed by atoms with Crippen molar-refractivity contribution in [1.29, 1.82) is 0 Å². The average molecular weight is 301 g/mol. The number of amides is 1. The molecule has 2 rings (SSSR count). The third-order valence-corrected chi connectivity index (χ3v) is 2.64. The second-order valence-electron chi connectivity index (χ2n) is 4.28. The molecule has 0 saturated carbocycles. The maximum Gasteiger partial charge on any atom is 0.391 e. The average Bonchev–Trinajstić information content (AvgIpc) is 2.80. The van der Waals surface area contributed by atoms with Crippen molar-refractivity contribution in [3.63, 3.8) is 0 Å². The highest BCUT2D eigenvalue weighted by molar-refractivity contribution is 5.95. The lowest BCUT2D eigenvalue weighted by Gasteiger charge is -2.15. The highest BCUT2D eigenvalue weighted by Gasteiger charge is 2.36. The van der Waals surface area contributed by atoms with E-state index in [4.69, 9.17) is 5.11 Å². The second kappa shape index (κ2) is 5.43. The molecule has 2 heterocycles. The molecule has 0 radical (unpaired) electrons. The molecule has 9 heteroatoms. The lowest BCUT2D eigenvalue weighted by molar-refractivity contribution is -0.157. The third-order valence-electron chi connectivity index (χ3n) is 2.64. The smallest absolute Gasteiger partial charge is 0.391 e. The Kier molecular flexibility index (Phi) is 3.83. The molecular formula is C12H10F3N3O3. The zero-order valence-corrected chi connectivity index (χ0v) is 10.5. The first-order valence-electron chi connectivity index (χ1n) is 5.80. The maximum atomic E-state index is 12.3. The van der Waals surface area contributed by atoms with E-state index in [9.17, 15) is 22.8 Å². The van der Waals surface area contributed by atoms with Gasteiger partial charge >= 0.3 is 12.1 Å². The van der Waals surface area contributed by atoms with Gasteiger partial charge in [0.25, 0.3) is 5.91 Å². The lowest BCUT2D eigenvalue weighted by Crippen LogP contribution is -2.43. The van der Waals surface area contributed by atoms with Crippen molar-refractivity contribution in [2.75, 3.05) is 0 Å². The summed E-state index contributed by atoms with van der Waals surface area (Å²) in [6, 6.07) is 2.90. The van der Waals surface area contributed by atoms with Gasteiger partial charge in [-0.25, -0.2) is 9.78 Å². The fraction of sp³-hybridized carbons (Fsp3) is 0.250. The number of carbonyl (C=O) groups excluding carboxylic acids is 1. The zero-order chi connectivity index (χ0) is 15.6. The number of aromatic nitrogens is 2. The fourth-order valence-electron chi connectivity index (χ4n) is 1.71. The second-order valence-corrected chi connectivity index (χ2v) is 4.28. The minimum Gasteiger partial charge on any atom is -0.480 e. The number of carbonyl (C=O) groups is 2. The van der Waals surface area contributed by atoms with Crippen molar-refractivity contribution < 1.29 is 27.9 Å². The van der Waals surface area contributed by atoms with Gasteiger partial charge in [0.15, 0.2) is 0 Å². The van der Waals surface area contributed by atoms with E-state index in [-0.39, 0.29) is 5.69 Å². The number of nitrogens with one attached hydrogen (secondary N) is 1. The number of hydrogen-bond acceptors (Lipinski definition) is 3. The number of hydrogen-bond donors (Lipinski definition) is 2. The summed E-state index contributed by atoms with van der Waals surface area (Å²) < 4.78 is 38.3. The number of pyridine rings is 1. The van der Waals surface area contributed by atoms with Crippen molar-refractivity contribution in [1.82, 2.24) is 14.7 Å². The highest BCUT2D eigenvalue weighted by Crippen LogP contribution is 2.21. The van der Waals surface area contributed by atoms with E-state index in [2.05, 4.69) is 4.98 Å². The van der Waals surface area contributed by atoms with E-state index in [1.54, 1.807) is 24.4 Å². The number of aliphatic carboxylic acids is 1. The quantitative estimate of drug-likeness (QED) is 0.895. The Morgan fingerprint density at radius 2 is 2.10 bits per heavy atom. The van der Waals surface area contributed by atoms with Gasteiger partial charge in [0, 0.05) is 12.4 Å². The number of halogens is 3. The van der Waals surface area contributed by atoms with Crippen LogP contribution in [0, 0.1) is 0 Å². The number of fused-ring (bicyclic) bond motifs is 1. The Morgan fingerprint density at radius 3 is 2.67 bits per heavy atom. The molecule has 0 spiro atoms. The predicted octanol–water partition coefficient (Wildman–Crippen LogP) is 1.47. The van der Waals surface area contributed by atoms with Crippen LogP contribution in [0.15, 0.2) is 30.6 Å². The molecule has 2 N–H and O–H groups in total. The summed E-state index contributed by atoms with van der Waals surface area (Å²) in [6.45, 7) is 0. The van der Waals surface area contributed by atoms with E-state index in [1.165, 1.54) is 10.6 Å². The minimum atomic E-state index is -4.70. The lowest BCUT2D eigenvalue weighted by atomic mass is 10.2. The molecule has 0 aliphatic heterocycles. The molecular weight excluding hydrogens is 291 g/mol. The van der Waals surface area contributed by atoms with Crippen molar-refractivity contribution in [2.45, 2.75) is 18.6 Å². The molecule has 0 aliphatic rings. The summed E-state index contributed by atoms with van der Waals surface area (Å²) in [6.07, 6.45) is -3.45. The molecule has 1 amide bonds. The monoisotopic (exact) mass is 301 g/mol. The summed E-state index contributed by atoms with van der Waals surface area (Å²) >= 11 is 0. The van der Waals surface area contributed by atoms with Crippen LogP contribution in [0.4, 0.5) is 13.2 Å². The Bertz CT molecular complexity index is 648. The fourth-order valence-corrected chi connectivity index (χ4v) is 1.71. The third kappa shape index (κ3) is 3.71. The summed E-state index contributed by atoms with van der Waals surface area (Å²) in [5, 5.41) is 10.5. The van der Waals surface area contributed by atoms with E-state index in [0.717, 1.165) is 0 Å². The van der Waals surface area contributed by atoms with Gasteiger partial charge in [-0.3, -0.25) is 4.79 Å². The summed E-state index contributed by atoms with van der Waals surface area (Å²) in [5.41, 5.74) is 0.264. The molecule has 0 fully saturated rings. The summed E-state index contributed by atoms with van der Waals surface area (Å²) in [4.78, 5) is 26.5.